The van der Waals surface area contributed by atoms with E-state index < -0.39 is 11.2 Å². The van der Waals surface area contributed by atoms with Crippen molar-refractivity contribution in [1.29, 1.82) is 0 Å². The van der Waals surface area contributed by atoms with Crippen LogP contribution in [0.1, 0.15) is 47.9 Å². The zero-order chi connectivity index (χ0) is 19.0. The minimum absolute atomic E-state index is 0.137. The Morgan fingerprint density at radius 1 is 1.26 bits per heavy atom. The van der Waals surface area contributed by atoms with E-state index in [4.69, 9.17) is 0 Å². The summed E-state index contributed by atoms with van der Waals surface area (Å²) < 4.78 is 3.18. The lowest BCUT2D eigenvalue weighted by molar-refractivity contribution is 0.0945. The molecule has 3 aromatic heterocycles. The Balaban J connectivity index is 1.50. The zero-order valence-electron chi connectivity index (χ0n) is 14.9. The number of carbonyl (C=O) groups excluding carboxylic acids is 1. The highest BCUT2D eigenvalue weighted by molar-refractivity contribution is 5.94. The van der Waals surface area contributed by atoms with Crippen LogP contribution in [0.15, 0.2) is 34.0 Å². The number of hydrogen-bond donors (Lipinski definition) is 2. The Bertz CT molecular complexity index is 1120. The van der Waals surface area contributed by atoms with Crippen molar-refractivity contribution < 1.29 is 4.79 Å². The van der Waals surface area contributed by atoms with Gasteiger partial charge in [0.05, 0.1) is 23.7 Å². The number of rotatable bonds is 4. The number of hydrogen-bond acceptors (Lipinski definition) is 5. The lowest BCUT2D eigenvalue weighted by atomic mass is 10.2. The molecule has 1 aliphatic carbocycles. The molecule has 2 N–H and O–H groups in total. The summed E-state index contributed by atoms with van der Waals surface area (Å²) in [6.07, 6.45) is 6.71. The standard InChI is InChI=1S/C18H20N6O3/c1-23-15-13(16(25)21-18(23)27)6-7-14(20-15)17(26)19-10-11-8-9-24(22-11)12-4-2-3-5-12/h6-9,12H,2-5,10H2,1H3,(H,19,26)(H,21,25,27). The van der Waals surface area contributed by atoms with Gasteiger partial charge in [0.2, 0.25) is 0 Å². The second kappa shape index (κ2) is 6.82. The van der Waals surface area contributed by atoms with Gasteiger partial charge in [-0.1, -0.05) is 12.8 Å². The van der Waals surface area contributed by atoms with Gasteiger partial charge in [-0.2, -0.15) is 5.10 Å². The molecule has 1 amide bonds. The van der Waals surface area contributed by atoms with Gasteiger partial charge in [0.1, 0.15) is 11.3 Å². The fraction of sp³-hybridized carbons (Fsp3) is 0.389. The van der Waals surface area contributed by atoms with E-state index in [1.54, 1.807) is 0 Å². The summed E-state index contributed by atoms with van der Waals surface area (Å²) in [5, 5.41) is 7.57. The lowest BCUT2D eigenvalue weighted by Crippen LogP contribution is -2.30. The number of nitrogens with one attached hydrogen (secondary N) is 2. The molecule has 0 unspecified atom stereocenters. The average Bonchev–Trinajstić information content (AvgIpc) is 3.35. The molecule has 0 saturated heterocycles. The third-order valence-corrected chi connectivity index (χ3v) is 4.99. The Labute approximate surface area is 154 Å². The fourth-order valence-corrected chi connectivity index (χ4v) is 3.46. The van der Waals surface area contributed by atoms with Gasteiger partial charge in [-0.15, -0.1) is 0 Å². The van der Waals surface area contributed by atoms with E-state index in [1.165, 1.54) is 36.6 Å². The summed E-state index contributed by atoms with van der Waals surface area (Å²) in [5.41, 5.74) is -0.0138. The first-order valence-electron chi connectivity index (χ1n) is 8.95. The van der Waals surface area contributed by atoms with Crippen molar-refractivity contribution in [1.82, 2.24) is 29.6 Å². The molecule has 0 spiro atoms. The van der Waals surface area contributed by atoms with E-state index in [-0.39, 0.29) is 29.2 Å². The van der Waals surface area contributed by atoms with E-state index in [0.29, 0.717) is 6.04 Å². The molecule has 0 radical (unpaired) electrons. The molecule has 1 fully saturated rings. The molecule has 0 atom stereocenters. The van der Waals surface area contributed by atoms with Crippen LogP contribution >= 0.6 is 0 Å². The molecule has 0 bridgehead atoms. The van der Waals surface area contributed by atoms with E-state index in [1.807, 2.05) is 16.9 Å². The Hall–Kier alpha value is -3.23. The second-order valence-corrected chi connectivity index (χ2v) is 6.79. The van der Waals surface area contributed by atoms with Gasteiger partial charge in [-0.05, 0) is 31.0 Å². The fourth-order valence-electron chi connectivity index (χ4n) is 3.46. The summed E-state index contributed by atoms with van der Waals surface area (Å²) in [5.74, 6) is -0.389. The molecule has 1 saturated carbocycles. The van der Waals surface area contributed by atoms with Crippen molar-refractivity contribution in [2.45, 2.75) is 38.3 Å². The van der Waals surface area contributed by atoms with Crippen molar-refractivity contribution in [2.24, 2.45) is 7.05 Å². The number of aromatic nitrogens is 5. The van der Waals surface area contributed by atoms with Crippen LogP contribution in [0.3, 0.4) is 0 Å². The highest BCUT2D eigenvalue weighted by Gasteiger charge is 2.18. The third kappa shape index (κ3) is 3.27. The van der Waals surface area contributed by atoms with Gasteiger partial charge in [0, 0.05) is 13.2 Å². The first kappa shape index (κ1) is 17.2. The SMILES string of the molecule is Cn1c(=O)[nH]c(=O)c2ccc(C(=O)NCc3ccn(C4CCCC4)n3)nc21. The van der Waals surface area contributed by atoms with Crippen molar-refractivity contribution >= 4 is 16.9 Å². The minimum Gasteiger partial charge on any atom is -0.345 e. The van der Waals surface area contributed by atoms with Gasteiger partial charge in [-0.25, -0.2) is 9.78 Å². The molecule has 1 aliphatic rings. The van der Waals surface area contributed by atoms with E-state index in [9.17, 15) is 14.4 Å². The molecule has 9 heteroatoms. The van der Waals surface area contributed by atoms with Crippen LogP contribution in [0, 0.1) is 0 Å². The van der Waals surface area contributed by atoms with Crippen molar-refractivity contribution in [3.63, 3.8) is 0 Å². The number of fused-ring (bicyclic) bond motifs is 1. The first-order chi connectivity index (χ1) is 13.0. The average molecular weight is 368 g/mol. The monoisotopic (exact) mass is 368 g/mol. The van der Waals surface area contributed by atoms with Gasteiger partial charge in [-0.3, -0.25) is 23.8 Å². The van der Waals surface area contributed by atoms with Gasteiger partial charge >= 0.3 is 5.69 Å². The lowest BCUT2D eigenvalue weighted by Gasteiger charge is -2.09. The Morgan fingerprint density at radius 2 is 2.04 bits per heavy atom. The molecule has 4 rings (SSSR count). The predicted molar refractivity (Wildman–Crippen MR) is 98.5 cm³/mol. The molecule has 3 aromatic rings. The van der Waals surface area contributed by atoms with Crippen LogP contribution in [0.5, 0.6) is 0 Å². The summed E-state index contributed by atoms with van der Waals surface area (Å²) in [4.78, 5) is 42.4. The predicted octanol–water partition coefficient (Wildman–Crippen LogP) is 0.863. The smallest absolute Gasteiger partial charge is 0.329 e. The summed E-state index contributed by atoms with van der Waals surface area (Å²) in [7, 11) is 1.49. The number of aryl methyl sites for hydroxylation is 1. The van der Waals surface area contributed by atoms with Crippen LogP contribution in [0.2, 0.25) is 0 Å². The van der Waals surface area contributed by atoms with E-state index in [0.717, 1.165) is 18.5 Å². The zero-order valence-corrected chi connectivity index (χ0v) is 14.9. The highest BCUT2D eigenvalue weighted by atomic mass is 16.2. The highest BCUT2D eigenvalue weighted by Crippen LogP contribution is 2.28. The molecule has 3 heterocycles. The van der Waals surface area contributed by atoms with Crippen LogP contribution in [-0.2, 0) is 13.6 Å². The van der Waals surface area contributed by atoms with Crippen molar-refractivity contribution in [3.8, 4) is 0 Å². The second-order valence-electron chi connectivity index (χ2n) is 6.79. The van der Waals surface area contributed by atoms with E-state index >= 15 is 0 Å². The molecular formula is C18H20N6O3. The summed E-state index contributed by atoms with van der Waals surface area (Å²) in [6.45, 7) is 0.284. The largest absolute Gasteiger partial charge is 0.345 e. The maximum atomic E-state index is 12.4. The van der Waals surface area contributed by atoms with Crippen molar-refractivity contribution in [2.75, 3.05) is 0 Å². The quantitative estimate of drug-likeness (QED) is 0.709. The molecule has 140 valence electrons. The summed E-state index contributed by atoms with van der Waals surface area (Å²) in [6, 6.07) is 5.31. The van der Waals surface area contributed by atoms with Gasteiger partial charge < -0.3 is 5.32 Å². The number of H-pyrrole nitrogens is 1. The summed E-state index contributed by atoms with van der Waals surface area (Å²) >= 11 is 0. The first-order valence-corrected chi connectivity index (χ1v) is 8.95. The van der Waals surface area contributed by atoms with Gasteiger partial charge in [0.25, 0.3) is 11.5 Å². The van der Waals surface area contributed by atoms with Crippen molar-refractivity contribution in [3.05, 3.63) is 56.6 Å². The van der Waals surface area contributed by atoms with Gasteiger partial charge in [0.15, 0.2) is 0 Å². The van der Waals surface area contributed by atoms with Crippen LogP contribution in [0.4, 0.5) is 0 Å². The number of aromatic amines is 1. The maximum absolute atomic E-state index is 12.4. The van der Waals surface area contributed by atoms with Crippen LogP contribution in [-0.4, -0.2) is 30.2 Å². The van der Waals surface area contributed by atoms with E-state index in [2.05, 4.69) is 20.4 Å². The van der Waals surface area contributed by atoms with Crippen LogP contribution in [0.25, 0.3) is 11.0 Å². The number of carbonyl (C=O) groups is 1. The topological polar surface area (TPSA) is 115 Å². The number of nitrogens with zero attached hydrogens (tertiary/aromatic N) is 4. The molecule has 27 heavy (non-hydrogen) atoms. The van der Waals surface area contributed by atoms with Crippen LogP contribution < -0.4 is 16.6 Å². The Morgan fingerprint density at radius 3 is 2.81 bits per heavy atom. The third-order valence-electron chi connectivity index (χ3n) is 4.99. The molecule has 0 aliphatic heterocycles. The maximum Gasteiger partial charge on any atom is 0.329 e. The molecule has 9 nitrogen and oxygen atoms in total. The molecule has 0 aromatic carbocycles. The Kier molecular flexibility index (Phi) is 4.35. The number of pyridine rings is 1. The molecular weight excluding hydrogens is 348 g/mol. The number of amides is 1. The normalized spacial score (nSPS) is 14.7. The minimum atomic E-state index is -0.574.